The van der Waals surface area contributed by atoms with E-state index < -0.39 is 10.0 Å². The van der Waals surface area contributed by atoms with Crippen molar-refractivity contribution in [3.63, 3.8) is 0 Å². The molecule has 25 heavy (non-hydrogen) atoms. The van der Waals surface area contributed by atoms with Crippen LogP contribution in [0.25, 0.3) is 10.8 Å². The monoisotopic (exact) mass is 375 g/mol. The van der Waals surface area contributed by atoms with Crippen molar-refractivity contribution in [1.29, 1.82) is 0 Å². The van der Waals surface area contributed by atoms with Gasteiger partial charge in [0.05, 0.1) is 4.90 Å². The number of rotatable bonds is 6. The van der Waals surface area contributed by atoms with Crippen molar-refractivity contribution in [2.24, 2.45) is 0 Å². The largest absolute Gasteiger partial charge is 0.302 e. The first-order valence-corrected chi connectivity index (χ1v) is 9.95. The van der Waals surface area contributed by atoms with Crippen LogP contribution in [0.3, 0.4) is 0 Å². The minimum Gasteiger partial charge on any atom is -0.302 e. The van der Waals surface area contributed by atoms with Gasteiger partial charge in [-0.05, 0) is 29.8 Å². The first kappa shape index (κ1) is 17.5. The molecule has 0 aliphatic heterocycles. The quantitative estimate of drug-likeness (QED) is 0.693. The van der Waals surface area contributed by atoms with E-state index in [2.05, 4.69) is 15.0 Å². The maximum atomic E-state index is 12.4. The van der Waals surface area contributed by atoms with Crippen molar-refractivity contribution in [3.8, 4) is 0 Å². The molecule has 0 aliphatic carbocycles. The summed E-state index contributed by atoms with van der Waals surface area (Å²) < 4.78 is 27.2. The van der Waals surface area contributed by atoms with Crippen LogP contribution in [0.5, 0.6) is 0 Å². The van der Waals surface area contributed by atoms with Gasteiger partial charge in [-0.3, -0.25) is 4.79 Å². The number of anilines is 1. The Labute approximate surface area is 150 Å². The Balaban J connectivity index is 1.60. The smallest absolute Gasteiger partial charge is 0.240 e. The molecule has 0 atom stereocenters. The van der Waals surface area contributed by atoms with E-state index in [4.69, 9.17) is 0 Å². The molecule has 130 valence electrons. The average molecular weight is 375 g/mol. The van der Waals surface area contributed by atoms with Gasteiger partial charge >= 0.3 is 0 Å². The third-order valence-corrected chi connectivity index (χ3v) is 5.83. The summed E-state index contributed by atoms with van der Waals surface area (Å²) in [5, 5.41) is 4.98. The van der Waals surface area contributed by atoms with E-state index in [1.165, 1.54) is 11.3 Å². The summed E-state index contributed by atoms with van der Waals surface area (Å²) in [5.41, 5.74) is 0. The number of benzene rings is 2. The maximum Gasteiger partial charge on any atom is 0.240 e. The molecule has 0 bridgehead atoms. The van der Waals surface area contributed by atoms with E-state index in [9.17, 15) is 13.2 Å². The van der Waals surface area contributed by atoms with Crippen LogP contribution >= 0.6 is 11.3 Å². The predicted octanol–water partition coefficient (Wildman–Crippen LogP) is 2.91. The lowest BCUT2D eigenvalue weighted by Crippen LogP contribution is -2.27. The Hall–Kier alpha value is -2.29. The van der Waals surface area contributed by atoms with Crippen molar-refractivity contribution < 1.29 is 13.2 Å². The minimum atomic E-state index is -3.66. The van der Waals surface area contributed by atoms with Crippen molar-refractivity contribution in [2.75, 3.05) is 11.9 Å². The van der Waals surface area contributed by atoms with E-state index in [0.29, 0.717) is 5.13 Å². The van der Waals surface area contributed by atoms with Gasteiger partial charge in [-0.1, -0.05) is 30.3 Å². The minimum absolute atomic E-state index is 0.0192. The molecule has 2 N–H and O–H groups in total. The molecule has 1 aromatic heterocycles. The van der Waals surface area contributed by atoms with Crippen LogP contribution in [0.4, 0.5) is 5.13 Å². The number of aryl methyl sites for hydroxylation is 1. The van der Waals surface area contributed by atoms with Crippen molar-refractivity contribution in [2.45, 2.75) is 18.2 Å². The zero-order chi connectivity index (χ0) is 17.9. The lowest BCUT2D eigenvalue weighted by molar-refractivity contribution is -0.116. The van der Waals surface area contributed by atoms with Gasteiger partial charge in [-0.15, -0.1) is 11.3 Å². The number of sulfonamides is 1. The SMILES string of the molecule is Cc1cnc(NC(=O)CCNS(=O)(=O)c2ccc3ccccc3c2)s1. The number of hydrogen-bond donors (Lipinski definition) is 2. The first-order valence-electron chi connectivity index (χ1n) is 7.65. The Bertz CT molecular complexity index is 1010. The van der Waals surface area contributed by atoms with Crippen LogP contribution < -0.4 is 10.0 Å². The molecule has 6 nitrogen and oxygen atoms in total. The lowest BCUT2D eigenvalue weighted by atomic mass is 10.1. The van der Waals surface area contributed by atoms with Crippen LogP contribution in [0.15, 0.2) is 53.6 Å². The number of thiazole rings is 1. The predicted molar refractivity (Wildman–Crippen MR) is 99.2 cm³/mol. The van der Waals surface area contributed by atoms with E-state index in [1.54, 1.807) is 24.4 Å². The highest BCUT2D eigenvalue weighted by atomic mass is 32.2. The van der Waals surface area contributed by atoms with Gasteiger partial charge in [0.15, 0.2) is 5.13 Å². The molecule has 0 fully saturated rings. The van der Waals surface area contributed by atoms with Gasteiger partial charge in [-0.25, -0.2) is 18.1 Å². The maximum absolute atomic E-state index is 12.4. The van der Waals surface area contributed by atoms with E-state index >= 15 is 0 Å². The zero-order valence-electron chi connectivity index (χ0n) is 13.5. The second-order valence-electron chi connectivity index (χ2n) is 5.48. The van der Waals surface area contributed by atoms with Gasteiger partial charge in [0.2, 0.25) is 15.9 Å². The normalized spacial score (nSPS) is 11.6. The van der Waals surface area contributed by atoms with Gasteiger partial charge in [0.1, 0.15) is 0 Å². The molecule has 0 aliphatic rings. The first-order chi connectivity index (χ1) is 11.9. The molecular weight excluding hydrogens is 358 g/mol. The van der Waals surface area contributed by atoms with Crippen LogP contribution in [0, 0.1) is 6.92 Å². The number of fused-ring (bicyclic) bond motifs is 1. The fourth-order valence-corrected chi connectivity index (χ4v) is 4.06. The standard InChI is InChI=1S/C17H17N3O3S2/c1-12-11-18-17(24-12)20-16(21)8-9-19-25(22,23)15-7-6-13-4-2-3-5-14(13)10-15/h2-7,10-11,19H,8-9H2,1H3,(H,18,20,21). The number of aromatic nitrogens is 1. The number of nitrogens with one attached hydrogen (secondary N) is 2. The summed E-state index contributed by atoms with van der Waals surface area (Å²) in [6.45, 7) is 1.91. The molecular formula is C17H17N3O3S2. The fourth-order valence-electron chi connectivity index (χ4n) is 2.31. The highest BCUT2D eigenvalue weighted by Gasteiger charge is 2.15. The summed E-state index contributed by atoms with van der Waals surface area (Å²) >= 11 is 1.37. The van der Waals surface area contributed by atoms with Crippen molar-refractivity contribution in [3.05, 3.63) is 53.5 Å². The van der Waals surface area contributed by atoms with Crippen LogP contribution in [0.1, 0.15) is 11.3 Å². The average Bonchev–Trinajstić information content (AvgIpc) is 2.99. The molecule has 0 unspecified atom stereocenters. The molecule has 8 heteroatoms. The second-order valence-corrected chi connectivity index (χ2v) is 8.48. The molecule has 0 spiro atoms. The van der Waals surface area contributed by atoms with E-state index in [-0.39, 0.29) is 23.8 Å². The Morgan fingerprint density at radius 2 is 1.92 bits per heavy atom. The van der Waals surface area contributed by atoms with E-state index in [0.717, 1.165) is 15.6 Å². The van der Waals surface area contributed by atoms with Gasteiger partial charge in [0, 0.05) is 24.0 Å². The highest BCUT2D eigenvalue weighted by molar-refractivity contribution is 7.89. The fraction of sp³-hybridized carbons (Fsp3) is 0.176. The van der Waals surface area contributed by atoms with Gasteiger partial charge in [-0.2, -0.15) is 0 Å². The number of hydrogen-bond acceptors (Lipinski definition) is 5. The molecule has 0 saturated heterocycles. The molecule has 3 aromatic rings. The second kappa shape index (κ2) is 7.30. The van der Waals surface area contributed by atoms with Crippen molar-refractivity contribution >= 4 is 43.2 Å². The van der Waals surface area contributed by atoms with Crippen molar-refractivity contribution in [1.82, 2.24) is 9.71 Å². The zero-order valence-corrected chi connectivity index (χ0v) is 15.2. The Morgan fingerprint density at radius 1 is 1.16 bits per heavy atom. The molecule has 1 amide bonds. The number of amides is 1. The lowest BCUT2D eigenvalue weighted by Gasteiger charge is -2.08. The third kappa shape index (κ3) is 4.41. The number of carbonyl (C=O) groups excluding carboxylic acids is 1. The topological polar surface area (TPSA) is 88.2 Å². The van der Waals surface area contributed by atoms with Crippen LogP contribution in [-0.4, -0.2) is 25.9 Å². The van der Waals surface area contributed by atoms with E-state index in [1.807, 2.05) is 31.2 Å². The van der Waals surface area contributed by atoms with Crippen LogP contribution in [0.2, 0.25) is 0 Å². The number of nitrogens with zero attached hydrogens (tertiary/aromatic N) is 1. The summed E-state index contributed by atoms with van der Waals surface area (Å²) in [4.78, 5) is 17.1. The molecule has 0 saturated carbocycles. The molecule has 1 heterocycles. The molecule has 3 rings (SSSR count). The summed E-state index contributed by atoms with van der Waals surface area (Å²) in [5.74, 6) is -0.282. The third-order valence-electron chi connectivity index (χ3n) is 3.54. The van der Waals surface area contributed by atoms with Gasteiger partial charge in [0.25, 0.3) is 0 Å². The molecule has 0 radical (unpaired) electrons. The summed E-state index contributed by atoms with van der Waals surface area (Å²) in [6, 6.07) is 12.5. The highest BCUT2D eigenvalue weighted by Crippen LogP contribution is 2.19. The number of carbonyl (C=O) groups is 1. The van der Waals surface area contributed by atoms with Gasteiger partial charge < -0.3 is 5.32 Å². The Kier molecular flexibility index (Phi) is 5.12. The summed E-state index contributed by atoms with van der Waals surface area (Å²) in [7, 11) is -3.66. The summed E-state index contributed by atoms with van der Waals surface area (Å²) in [6.07, 6.45) is 1.70. The Morgan fingerprint density at radius 3 is 2.64 bits per heavy atom. The van der Waals surface area contributed by atoms with Crippen LogP contribution in [-0.2, 0) is 14.8 Å². The molecule has 2 aromatic carbocycles.